The average molecular weight is 389 g/mol. The normalized spacial score (nSPS) is 10.8. The zero-order valence-corrected chi connectivity index (χ0v) is 14.4. The highest BCUT2D eigenvalue weighted by Gasteiger charge is 2.24. The Morgan fingerprint density at radius 3 is 2.54 bits per heavy atom. The maximum absolute atomic E-state index is 13.2. The summed E-state index contributed by atoms with van der Waals surface area (Å²) in [6, 6.07) is 13.1. The molecule has 0 radical (unpaired) electrons. The van der Waals surface area contributed by atoms with Gasteiger partial charge in [0.1, 0.15) is 17.1 Å². The molecular weight excluding hydrogens is 375 g/mol. The highest BCUT2D eigenvalue weighted by atomic mass is 79.9. The Morgan fingerprint density at radius 1 is 1.25 bits per heavy atom. The molecule has 0 amide bonds. The molecule has 0 aliphatic carbocycles. The minimum absolute atomic E-state index is 0.143. The Bertz CT molecular complexity index is 904. The fourth-order valence-corrected chi connectivity index (χ4v) is 3.02. The van der Waals surface area contributed by atoms with Crippen LogP contribution >= 0.6 is 15.9 Å². The molecule has 0 saturated heterocycles. The van der Waals surface area contributed by atoms with E-state index in [0.29, 0.717) is 23.4 Å². The number of carboxylic acid groups (broad SMARTS) is 1. The molecule has 122 valence electrons. The lowest BCUT2D eigenvalue weighted by atomic mass is 10.0. The third kappa shape index (κ3) is 2.97. The number of rotatable bonds is 4. The first-order valence-corrected chi connectivity index (χ1v) is 8.17. The molecule has 0 saturated carbocycles. The van der Waals surface area contributed by atoms with E-state index < -0.39 is 5.97 Å². The van der Waals surface area contributed by atoms with Gasteiger partial charge < -0.3 is 5.11 Å². The second-order valence-corrected chi connectivity index (χ2v) is 6.14. The first-order valence-electron chi connectivity index (χ1n) is 7.38. The summed E-state index contributed by atoms with van der Waals surface area (Å²) in [7, 11) is 0. The number of halogens is 2. The van der Waals surface area contributed by atoms with Crippen LogP contribution in [0.15, 0.2) is 53.0 Å². The molecule has 3 rings (SSSR count). The zero-order valence-electron chi connectivity index (χ0n) is 12.8. The molecule has 1 heterocycles. The number of carbonyl (C=O) groups is 1. The van der Waals surface area contributed by atoms with Gasteiger partial charge in [-0.15, -0.1) is 0 Å². The lowest BCUT2D eigenvalue weighted by Gasteiger charge is -2.06. The zero-order chi connectivity index (χ0) is 17.3. The molecule has 1 N–H and O–H groups in total. The Balaban J connectivity index is 2.26. The van der Waals surface area contributed by atoms with Gasteiger partial charge in [0.25, 0.3) is 0 Å². The first-order chi connectivity index (χ1) is 11.5. The van der Waals surface area contributed by atoms with Crippen molar-refractivity contribution in [1.82, 2.24) is 9.78 Å². The summed E-state index contributed by atoms with van der Waals surface area (Å²) in [4.78, 5) is 11.8. The molecule has 0 bridgehead atoms. The van der Waals surface area contributed by atoms with Crippen LogP contribution in [-0.4, -0.2) is 20.9 Å². The summed E-state index contributed by atoms with van der Waals surface area (Å²) in [5.74, 6) is -1.43. The fraction of sp³-hybridized carbons (Fsp3) is 0.111. The number of benzene rings is 2. The number of hydrogen-bond donors (Lipinski definition) is 1. The third-order valence-electron chi connectivity index (χ3n) is 3.70. The lowest BCUT2D eigenvalue weighted by molar-refractivity contribution is 0.0696. The van der Waals surface area contributed by atoms with Crippen LogP contribution in [0, 0.1) is 5.82 Å². The molecule has 1 aromatic heterocycles. The molecule has 3 aromatic rings. The molecule has 0 spiro atoms. The van der Waals surface area contributed by atoms with Crippen LogP contribution in [0.5, 0.6) is 0 Å². The molecule has 0 aliphatic rings. The van der Waals surface area contributed by atoms with E-state index in [1.54, 1.807) is 4.68 Å². The van der Waals surface area contributed by atoms with Crippen molar-refractivity contribution >= 4 is 21.9 Å². The number of aromatic carboxylic acids is 1. The van der Waals surface area contributed by atoms with E-state index in [0.717, 1.165) is 10.2 Å². The molecule has 0 atom stereocenters. The van der Waals surface area contributed by atoms with Crippen molar-refractivity contribution in [2.24, 2.45) is 0 Å². The van der Waals surface area contributed by atoms with E-state index >= 15 is 0 Å². The van der Waals surface area contributed by atoms with Gasteiger partial charge in [-0.05, 0) is 48.9 Å². The maximum Gasteiger partial charge on any atom is 0.339 e. The minimum Gasteiger partial charge on any atom is -0.478 e. The van der Waals surface area contributed by atoms with E-state index in [1.165, 1.54) is 24.3 Å². The molecule has 2 aromatic carbocycles. The second kappa shape index (κ2) is 6.57. The van der Waals surface area contributed by atoms with Gasteiger partial charge in [-0.1, -0.05) is 28.9 Å². The number of nitrogens with zero attached hydrogens (tertiary/aromatic N) is 2. The van der Waals surface area contributed by atoms with Crippen LogP contribution in [0.2, 0.25) is 0 Å². The van der Waals surface area contributed by atoms with Crippen molar-refractivity contribution in [2.75, 3.05) is 0 Å². The summed E-state index contributed by atoms with van der Waals surface area (Å²) in [6.45, 7) is 1.88. The van der Waals surface area contributed by atoms with Gasteiger partial charge >= 0.3 is 5.97 Å². The average Bonchev–Trinajstić information content (AvgIpc) is 2.95. The molecule has 0 aliphatic heterocycles. The quantitative estimate of drug-likeness (QED) is 0.704. The van der Waals surface area contributed by atoms with E-state index in [1.807, 2.05) is 31.2 Å². The van der Waals surface area contributed by atoms with Crippen molar-refractivity contribution in [3.8, 4) is 16.9 Å². The van der Waals surface area contributed by atoms with E-state index in [-0.39, 0.29) is 11.4 Å². The van der Waals surface area contributed by atoms with Crippen LogP contribution in [0.25, 0.3) is 16.9 Å². The standard InChI is InChI=1S/C18H14BrFN2O2/c1-2-15-16(18(23)24)17(11-6-8-13(20)9-7-11)21-22(15)14-5-3-4-12(19)10-14/h3-10H,2H2,1H3,(H,23,24). The molecule has 24 heavy (non-hydrogen) atoms. The first kappa shape index (κ1) is 16.4. The predicted molar refractivity (Wildman–Crippen MR) is 93.0 cm³/mol. The van der Waals surface area contributed by atoms with Crippen LogP contribution < -0.4 is 0 Å². The van der Waals surface area contributed by atoms with Gasteiger partial charge in [-0.25, -0.2) is 13.9 Å². The largest absolute Gasteiger partial charge is 0.478 e. The van der Waals surface area contributed by atoms with E-state index in [9.17, 15) is 14.3 Å². The van der Waals surface area contributed by atoms with Crippen molar-refractivity contribution in [1.29, 1.82) is 0 Å². The van der Waals surface area contributed by atoms with E-state index in [2.05, 4.69) is 21.0 Å². The highest BCUT2D eigenvalue weighted by Crippen LogP contribution is 2.29. The summed E-state index contributed by atoms with van der Waals surface area (Å²) in [6.07, 6.45) is 0.502. The van der Waals surface area contributed by atoms with Crippen LogP contribution in [0.1, 0.15) is 23.0 Å². The Hall–Kier alpha value is -2.47. The van der Waals surface area contributed by atoms with Crippen molar-refractivity contribution < 1.29 is 14.3 Å². The second-order valence-electron chi connectivity index (χ2n) is 5.23. The molecule has 4 nitrogen and oxygen atoms in total. The van der Waals surface area contributed by atoms with E-state index in [4.69, 9.17) is 0 Å². The van der Waals surface area contributed by atoms with Gasteiger partial charge in [-0.3, -0.25) is 0 Å². The van der Waals surface area contributed by atoms with Crippen molar-refractivity contribution in [2.45, 2.75) is 13.3 Å². The minimum atomic E-state index is -1.05. The van der Waals surface area contributed by atoms with Gasteiger partial charge in [0.2, 0.25) is 0 Å². The fourth-order valence-electron chi connectivity index (χ4n) is 2.64. The van der Waals surface area contributed by atoms with Crippen molar-refractivity contribution in [3.63, 3.8) is 0 Å². The Kier molecular flexibility index (Phi) is 4.49. The Labute approximate surface area is 146 Å². The summed E-state index contributed by atoms with van der Waals surface area (Å²) in [5, 5.41) is 14.2. The van der Waals surface area contributed by atoms with Crippen LogP contribution in [0.3, 0.4) is 0 Å². The monoisotopic (exact) mass is 388 g/mol. The van der Waals surface area contributed by atoms with Crippen molar-refractivity contribution in [3.05, 3.63) is 70.1 Å². The van der Waals surface area contributed by atoms with Gasteiger partial charge in [-0.2, -0.15) is 5.10 Å². The van der Waals surface area contributed by atoms with Crippen LogP contribution in [0.4, 0.5) is 4.39 Å². The summed E-state index contributed by atoms with van der Waals surface area (Å²) in [5.41, 5.74) is 2.40. The summed E-state index contributed by atoms with van der Waals surface area (Å²) < 4.78 is 15.7. The number of carboxylic acids is 1. The SMILES string of the molecule is CCc1c(C(=O)O)c(-c2ccc(F)cc2)nn1-c1cccc(Br)c1. The lowest BCUT2D eigenvalue weighted by Crippen LogP contribution is -2.05. The van der Waals surface area contributed by atoms with Gasteiger partial charge in [0, 0.05) is 10.0 Å². The summed E-state index contributed by atoms with van der Waals surface area (Å²) >= 11 is 3.41. The molecule has 0 unspecified atom stereocenters. The highest BCUT2D eigenvalue weighted by molar-refractivity contribution is 9.10. The van der Waals surface area contributed by atoms with Gasteiger partial charge in [0.05, 0.1) is 11.4 Å². The molecular formula is C18H14BrFN2O2. The van der Waals surface area contributed by atoms with Crippen LogP contribution in [-0.2, 0) is 6.42 Å². The maximum atomic E-state index is 13.2. The number of hydrogen-bond acceptors (Lipinski definition) is 2. The molecule has 0 fully saturated rings. The Morgan fingerprint density at radius 2 is 1.96 bits per heavy atom. The topological polar surface area (TPSA) is 55.1 Å². The number of aromatic nitrogens is 2. The van der Waals surface area contributed by atoms with Gasteiger partial charge in [0.15, 0.2) is 0 Å². The smallest absolute Gasteiger partial charge is 0.339 e. The predicted octanol–water partition coefficient (Wildman–Crippen LogP) is 4.70. The third-order valence-corrected chi connectivity index (χ3v) is 4.19. The molecule has 6 heteroatoms.